The molecule has 0 amide bonds. The quantitative estimate of drug-likeness (QED) is 0.584. The van der Waals surface area contributed by atoms with Gasteiger partial charge in [0.05, 0.1) is 0 Å². The van der Waals surface area contributed by atoms with E-state index in [0.717, 1.165) is 12.8 Å². The summed E-state index contributed by atoms with van der Waals surface area (Å²) in [5, 5.41) is 0. The zero-order chi connectivity index (χ0) is 14.4. The average molecular weight is 262 g/mol. The molecular formula is C20H22. The number of allylic oxidation sites excluding steroid dienone is 1. The fourth-order valence-electron chi connectivity index (χ4n) is 3.56. The van der Waals surface area contributed by atoms with Gasteiger partial charge in [0.2, 0.25) is 0 Å². The number of rotatable bonds is 0. The molecule has 0 saturated heterocycles. The maximum atomic E-state index is 4.35. The number of hydrogen-bond acceptors (Lipinski definition) is 0. The Morgan fingerprint density at radius 1 is 0.850 bits per heavy atom. The van der Waals surface area contributed by atoms with Gasteiger partial charge in [0.15, 0.2) is 0 Å². The molecule has 2 aromatic rings. The molecule has 0 aliphatic heterocycles. The Bertz CT molecular complexity index is 717. The van der Waals surface area contributed by atoms with Crippen molar-refractivity contribution < 1.29 is 0 Å². The second-order valence-electron chi connectivity index (χ2n) is 6.14. The molecule has 3 rings (SSSR count). The van der Waals surface area contributed by atoms with Gasteiger partial charge in [-0.25, -0.2) is 0 Å². The van der Waals surface area contributed by atoms with E-state index >= 15 is 0 Å². The molecule has 0 heteroatoms. The summed E-state index contributed by atoms with van der Waals surface area (Å²) in [4.78, 5) is 0. The predicted octanol–water partition coefficient (Wildman–Crippen LogP) is 5.55. The van der Waals surface area contributed by atoms with Crippen LogP contribution in [-0.4, -0.2) is 0 Å². The van der Waals surface area contributed by atoms with Gasteiger partial charge in [-0.15, -0.1) is 0 Å². The van der Waals surface area contributed by atoms with Crippen LogP contribution in [0.15, 0.2) is 30.8 Å². The molecule has 0 atom stereocenters. The van der Waals surface area contributed by atoms with Crippen LogP contribution in [0.3, 0.4) is 0 Å². The molecule has 1 aliphatic rings. The third kappa shape index (κ3) is 1.91. The van der Waals surface area contributed by atoms with Crippen LogP contribution in [0.5, 0.6) is 0 Å². The molecule has 2 aromatic carbocycles. The van der Waals surface area contributed by atoms with Crippen LogP contribution in [0, 0.1) is 27.7 Å². The summed E-state index contributed by atoms with van der Waals surface area (Å²) in [7, 11) is 0. The van der Waals surface area contributed by atoms with Crippen LogP contribution >= 0.6 is 0 Å². The molecule has 0 N–H and O–H groups in total. The summed E-state index contributed by atoms with van der Waals surface area (Å²) in [5.74, 6) is 0. The molecule has 0 aromatic heterocycles. The molecule has 20 heavy (non-hydrogen) atoms. The molecule has 0 unspecified atom stereocenters. The largest absolute Gasteiger partial charge is 0.0952 e. The first-order valence-corrected chi connectivity index (χ1v) is 7.38. The van der Waals surface area contributed by atoms with Gasteiger partial charge in [-0.2, -0.15) is 0 Å². The first kappa shape index (κ1) is 13.2. The summed E-state index contributed by atoms with van der Waals surface area (Å²) in [6.45, 7) is 13.2. The van der Waals surface area contributed by atoms with Crippen molar-refractivity contribution in [2.24, 2.45) is 0 Å². The van der Waals surface area contributed by atoms with Gasteiger partial charge < -0.3 is 0 Å². The minimum absolute atomic E-state index is 1.06. The Morgan fingerprint density at radius 3 is 2.35 bits per heavy atom. The van der Waals surface area contributed by atoms with Gasteiger partial charge in [0, 0.05) is 0 Å². The fourth-order valence-corrected chi connectivity index (χ4v) is 3.56. The van der Waals surface area contributed by atoms with Gasteiger partial charge >= 0.3 is 0 Å². The highest BCUT2D eigenvalue weighted by molar-refractivity contribution is 5.86. The lowest BCUT2D eigenvalue weighted by molar-refractivity contribution is 0.980. The highest BCUT2D eigenvalue weighted by Gasteiger charge is 2.19. The number of benzene rings is 2. The van der Waals surface area contributed by atoms with Crippen LogP contribution < -0.4 is 0 Å². The standard InChI is InChI=1S/C20H22/c1-12-10-15(4)20-18-9-7-13(2)17(16(18)5)8-6-14(3)19(20)11-12/h7,9-11H,3,6,8H2,1-2,4-5H3. The molecule has 0 saturated carbocycles. The highest BCUT2D eigenvalue weighted by atomic mass is 14.2. The normalized spacial score (nSPS) is 13.7. The van der Waals surface area contributed by atoms with E-state index in [9.17, 15) is 0 Å². The second-order valence-corrected chi connectivity index (χ2v) is 6.14. The minimum Gasteiger partial charge on any atom is -0.0952 e. The van der Waals surface area contributed by atoms with E-state index in [1.165, 1.54) is 50.1 Å². The second kappa shape index (κ2) is 4.63. The molecule has 0 fully saturated rings. The highest BCUT2D eigenvalue weighted by Crippen LogP contribution is 2.40. The third-order valence-electron chi connectivity index (χ3n) is 4.64. The Kier molecular flexibility index (Phi) is 3.05. The molecular weight excluding hydrogens is 240 g/mol. The van der Waals surface area contributed by atoms with Crippen molar-refractivity contribution in [1.29, 1.82) is 0 Å². The zero-order valence-electron chi connectivity index (χ0n) is 12.9. The van der Waals surface area contributed by atoms with E-state index in [1.807, 2.05) is 0 Å². The Hall–Kier alpha value is -1.82. The molecule has 102 valence electrons. The topological polar surface area (TPSA) is 0 Å². The zero-order valence-corrected chi connectivity index (χ0v) is 12.9. The molecule has 1 aliphatic carbocycles. The molecule has 2 bridgehead atoms. The van der Waals surface area contributed by atoms with Crippen molar-refractivity contribution >= 4 is 5.57 Å². The van der Waals surface area contributed by atoms with E-state index < -0.39 is 0 Å². The fraction of sp³-hybridized carbons (Fsp3) is 0.300. The van der Waals surface area contributed by atoms with Crippen LogP contribution in [0.2, 0.25) is 0 Å². The van der Waals surface area contributed by atoms with E-state index in [4.69, 9.17) is 0 Å². The van der Waals surface area contributed by atoms with Crippen molar-refractivity contribution in [2.75, 3.05) is 0 Å². The Balaban J connectivity index is 2.42. The van der Waals surface area contributed by atoms with Crippen LogP contribution in [0.25, 0.3) is 16.7 Å². The van der Waals surface area contributed by atoms with Crippen molar-refractivity contribution in [3.05, 3.63) is 64.2 Å². The molecule has 0 spiro atoms. The summed E-state index contributed by atoms with van der Waals surface area (Å²) in [5.41, 5.74) is 12.5. The average Bonchev–Trinajstić information content (AvgIpc) is 2.38. The van der Waals surface area contributed by atoms with E-state index in [-0.39, 0.29) is 0 Å². The van der Waals surface area contributed by atoms with Crippen LogP contribution in [-0.2, 0) is 6.42 Å². The summed E-state index contributed by atoms with van der Waals surface area (Å²) >= 11 is 0. The Labute approximate surface area is 122 Å². The molecule has 0 radical (unpaired) electrons. The monoisotopic (exact) mass is 262 g/mol. The van der Waals surface area contributed by atoms with Gasteiger partial charge in [0.25, 0.3) is 0 Å². The summed E-state index contributed by atoms with van der Waals surface area (Å²) in [6, 6.07) is 9.14. The summed E-state index contributed by atoms with van der Waals surface area (Å²) in [6.07, 6.45) is 2.16. The van der Waals surface area contributed by atoms with Crippen LogP contribution in [0.1, 0.15) is 39.8 Å². The number of hydrogen-bond donors (Lipinski definition) is 0. The minimum atomic E-state index is 1.06. The predicted molar refractivity (Wildman–Crippen MR) is 88.2 cm³/mol. The van der Waals surface area contributed by atoms with Crippen molar-refractivity contribution in [1.82, 2.24) is 0 Å². The Morgan fingerprint density at radius 2 is 1.60 bits per heavy atom. The lowest BCUT2D eigenvalue weighted by atomic mass is 9.81. The van der Waals surface area contributed by atoms with E-state index in [2.05, 4.69) is 58.5 Å². The molecule has 0 nitrogen and oxygen atoms in total. The van der Waals surface area contributed by atoms with Crippen LogP contribution in [0.4, 0.5) is 0 Å². The number of aryl methyl sites for hydroxylation is 3. The maximum Gasteiger partial charge on any atom is -0.00766 e. The van der Waals surface area contributed by atoms with Crippen molar-refractivity contribution in [2.45, 2.75) is 40.5 Å². The third-order valence-corrected chi connectivity index (χ3v) is 4.64. The lowest BCUT2D eigenvalue weighted by Gasteiger charge is -2.24. The van der Waals surface area contributed by atoms with Crippen molar-refractivity contribution in [3.63, 3.8) is 0 Å². The van der Waals surface area contributed by atoms with E-state index in [0.29, 0.717) is 0 Å². The lowest BCUT2D eigenvalue weighted by Crippen LogP contribution is -2.04. The first-order valence-electron chi connectivity index (χ1n) is 7.38. The van der Waals surface area contributed by atoms with Crippen molar-refractivity contribution in [3.8, 4) is 11.1 Å². The van der Waals surface area contributed by atoms with Gasteiger partial charge in [-0.05, 0) is 85.1 Å². The first-order chi connectivity index (χ1) is 9.49. The summed E-state index contributed by atoms with van der Waals surface area (Å²) < 4.78 is 0. The van der Waals surface area contributed by atoms with E-state index in [1.54, 1.807) is 0 Å². The SMILES string of the molecule is C=C1CCc2c(C)ccc(c2C)-c2c(C)cc(C)cc21. The van der Waals surface area contributed by atoms with Gasteiger partial charge in [-0.3, -0.25) is 0 Å². The number of fused-ring (bicyclic) bond motifs is 4. The van der Waals surface area contributed by atoms with Gasteiger partial charge in [-0.1, -0.05) is 36.4 Å². The molecule has 0 heterocycles. The van der Waals surface area contributed by atoms with Gasteiger partial charge in [0.1, 0.15) is 0 Å². The smallest absolute Gasteiger partial charge is 0.00766 e. The maximum absolute atomic E-state index is 4.35.